The topological polar surface area (TPSA) is 18.5 Å². The Balaban J connectivity index is 2.87. The van der Waals surface area contributed by atoms with Gasteiger partial charge in [0.05, 0.1) is 5.02 Å². The summed E-state index contributed by atoms with van der Waals surface area (Å²) >= 11 is 6.20. The second-order valence-electron chi connectivity index (χ2n) is 6.02. The molecule has 0 spiro atoms. The van der Waals surface area contributed by atoms with Crippen LogP contribution < -0.4 is 8.85 Å². The van der Waals surface area contributed by atoms with E-state index in [2.05, 4.69) is 39.3 Å². The molecule has 0 fully saturated rings. The lowest BCUT2D eigenvalue weighted by molar-refractivity contribution is 0.542. The predicted molar refractivity (Wildman–Crippen MR) is 79.4 cm³/mol. The molecule has 0 heterocycles. The molecule has 0 bridgehead atoms. The molecular formula is C12H21ClO2Si2. The van der Waals surface area contributed by atoms with Gasteiger partial charge in [0.15, 0.2) is 0 Å². The Labute approximate surface area is 111 Å². The van der Waals surface area contributed by atoms with E-state index >= 15 is 0 Å². The van der Waals surface area contributed by atoms with E-state index in [1.807, 2.05) is 18.2 Å². The zero-order valence-electron chi connectivity index (χ0n) is 11.4. The SMILES string of the molecule is C[Si](C)(C)Oc1ccc(O[Si](C)(C)C)c(Cl)c1. The van der Waals surface area contributed by atoms with Crippen LogP contribution >= 0.6 is 11.6 Å². The Kier molecular flexibility index (Phi) is 4.33. The highest BCUT2D eigenvalue weighted by Crippen LogP contribution is 2.31. The molecule has 0 amide bonds. The van der Waals surface area contributed by atoms with Gasteiger partial charge in [-0.05, 0) is 51.4 Å². The Bertz CT molecular complexity index is 394. The lowest BCUT2D eigenvalue weighted by Crippen LogP contribution is -2.30. The summed E-state index contributed by atoms with van der Waals surface area (Å²) < 4.78 is 11.8. The summed E-state index contributed by atoms with van der Waals surface area (Å²) in [5, 5.41) is 0.628. The fraction of sp³-hybridized carbons (Fsp3) is 0.500. The van der Waals surface area contributed by atoms with Crippen LogP contribution in [0.3, 0.4) is 0 Å². The number of halogens is 1. The van der Waals surface area contributed by atoms with Gasteiger partial charge in [0.2, 0.25) is 16.6 Å². The van der Waals surface area contributed by atoms with Gasteiger partial charge in [-0.3, -0.25) is 0 Å². The van der Waals surface area contributed by atoms with Crippen LogP contribution in [-0.2, 0) is 0 Å². The minimum atomic E-state index is -1.61. The van der Waals surface area contributed by atoms with Crippen LogP contribution in [0.1, 0.15) is 0 Å². The van der Waals surface area contributed by atoms with Gasteiger partial charge < -0.3 is 8.85 Å². The van der Waals surface area contributed by atoms with Gasteiger partial charge in [-0.2, -0.15) is 0 Å². The van der Waals surface area contributed by atoms with Crippen LogP contribution in [0, 0.1) is 0 Å². The van der Waals surface area contributed by atoms with Crippen molar-refractivity contribution < 1.29 is 8.85 Å². The maximum absolute atomic E-state index is 6.20. The van der Waals surface area contributed by atoms with Crippen LogP contribution in [-0.4, -0.2) is 16.6 Å². The fourth-order valence-corrected chi connectivity index (χ4v) is 3.26. The van der Waals surface area contributed by atoms with Crippen molar-refractivity contribution in [1.29, 1.82) is 0 Å². The van der Waals surface area contributed by atoms with Crippen molar-refractivity contribution in [2.45, 2.75) is 39.3 Å². The minimum Gasteiger partial charge on any atom is -0.544 e. The molecule has 0 unspecified atom stereocenters. The molecule has 0 saturated carbocycles. The molecule has 0 N–H and O–H groups in total. The van der Waals surface area contributed by atoms with Gasteiger partial charge in [-0.25, -0.2) is 0 Å². The average molecular weight is 289 g/mol. The Hall–Kier alpha value is -0.456. The zero-order valence-corrected chi connectivity index (χ0v) is 14.2. The van der Waals surface area contributed by atoms with Crippen LogP contribution in [0.2, 0.25) is 44.3 Å². The first kappa shape index (κ1) is 14.6. The molecule has 0 aliphatic carbocycles. The maximum Gasteiger partial charge on any atom is 0.242 e. The summed E-state index contributed by atoms with van der Waals surface area (Å²) in [4.78, 5) is 0. The molecule has 1 aromatic rings. The van der Waals surface area contributed by atoms with Gasteiger partial charge in [0.25, 0.3) is 0 Å². The first-order chi connectivity index (χ1) is 7.57. The Morgan fingerprint density at radius 2 is 1.41 bits per heavy atom. The van der Waals surface area contributed by atoms with Crippen molar-refractivity contribution in [2.24, 2.45) is 0 Å². The molecule has 5 heteroatoms. The lowest BCUT2D eigenvalue weighted by Gasteiger charge is -2.22. The number of hydrogen-bond donors (Lipinski definition) is 0. The molecule has 1 aromatic carbocycles. The Morgan fingerprint density at radius 3 is 1.82 bits per heavy atom. The van der Waals surface area contributed by atoms with Crippen molar-refractivity contribution in [3.05, 3.63) is 23.2 Å². The van der Waals surface area contributed by atoms with Crippen LogP contribution in [0.5, 0.6) is 11.5 Å². The molecule has 0 radical (unpaired) electrons. The lowest BCUT2D eigenvalue weighted by atomic mass is 10.3. The number of hydrogen-bond acceptors (Lipinski definition) is 2. The van der Waals surface area contributed by atoms with Crippen LogP contribution in [0.15, 0.2) is 18.2 Å². The van der Waals surface area contributed by atoms with Crippen molar-refractivity contribution in [2.75, 3.05) is 0 Å². The predicted octanol–water partition coefficient (Wildman–Crippen LogP) is 4.77. The van der Waals surface area contributed by atoms with Gasteiger partial charge in [0.1, 0.15) is 11.5 Å². The minimum absolute atomic E-state index is 0.628. The third kappa shape index (κ3) is 5.61. The van der Waals surface area contributed by atoms with Crippen LogP contribution in [0.4, 0.5) is 0 Å². The van der Waals surface area contributed by atoms with Gasteiger partial charge in [-0.15, -0.1) is 0 Å². The number of benzene rings is 1. The van der Waals surface area contributed by atoms with E-state index in [1.54, 1.807) is 0 Å². The molecule has 17 heavy (non-hydrogen) atoms. The van der Waals surface area contributed by atoms with Crippen molar-refractivity contribution in [3.8, 4) is 11.5 Å². The summed E-state index contributed by atoms with van der Waals surface area (Å²) in [6.45, 7) is 12.8. The van der Waals surface area contributed by atoms with E-state index in [9.17, 15) is 0 Å². The van der Waals surface area contributed by atoms with Crippen molar-refractivity contribution >= 4 is 28.2 Å². The summed E-state index contributed by atoms with van der Waals surface area (Å²) in [7, 11) is -3.19. The molecule has 0 aliphatic heterocycles. The van der Waals surface area contributed by atoms with Gasteiger partial charge >= 0.3 is 0 Å². The molecule has 0 aliphatic rings. The van der Waals surface area contributed by atoms with Crippen molar-refractivity contribution in [3.63, 3.8) is 0 Å². The smallest absolute Gasteiger partial charge is 0.242 e. The molecule has 2 nitrogen and oxygen atoms in total. The highest BCUT2D eigenvalue weighted by molar-refractivity contribution is 6.71. The standard InChI is InChI=1S/C12H21ClO2Si2/c1-16(2,3)14-10-7-8-12(11(13)9-10)15-17(4,5)6/h7-9H,1-6H3. The molecule has 0 saturated heterocycles. The third-order valence-corrected chi connectivity index (χ3v) is 3.72. The second kappa shape index (κ2) is 5.04. The quantitative estimate of drug-likeness (QED) is 0.743. The monoisotopic (exact) mass is 288 g/mol. The van der Waals surface area contributed by atoms with E-state index in [4.69, 9.17) is 20.5 Å². The van der Waals surface area contributed by atoms with Gasteiger partial charge in [0, 0.05) is 6.07 Å². The normalized spacial score (nSPS) is 12.4. The number of rotatable bonds is 4. The molecule has 0 aromatic heterocycles. The fourth-order valence-electron chi connectivity index (χ4n) is 1.31. The summed E-state index contributed by atoms with van der Waals surface area (Å²) in [6, 6.07) is 5.67. The maximum atomic E-state index is 6.20. The first-order valence-electron chi connectivity index (χ1n) is 5.74. The van der Waals surface area contributed by atoms with E-state index < -0.39 is 16.6 Å². The van der Waals surface area contributed by atoms with Crippen molar-refractivity contribution in [1.82, 2.24) is 0 Å². The summed E-state index contributed by atoms with van der Waals surface area (Å²) in [5.74, 6) is 1.59. The van der Waals surface area contributed by atoms with E-state index in [0.717, 1.165) is 11.5 Å². The molecule has 96 valence electrons. The largest absolute Gasteiger partial charge is 0.544 e. The van der Waals surface area contributed by atoms with E-state index in [1.165, 1.54) is 0 Å². The van der Waals surface area contributed by atoms with Gasteiger partial charge in [-0.1, -0.05) is 11.6 Å². The summed E-state index contributed by atoms with van der Waals surface area (Å²) in [5.41, 5.74) is 0. The van der Waals surface area contributed by atoms with E-state index in [0.29, 0.717) is 5.02 Å². The molecule has 0 atom stereocenters. The average Bonchev–Trinajstić information content (AvgIpc) is 2.05. The second-order valence-corrected chi connectivity index (χ2v) is 15.3. The highest BCUT2D eigenvalue weighted by Gasteiger charge is 2.20. The zero-order chi connectivity index (χ0) is 13.3. The highest BCUT2D eigenvalue weighted by atomic mass is 35.5. The van der Waals surface area contributed by atoms with Crippen LogP contribution in [0.25, 0.3) is 0 Å². The summed E-state index contributed by atoms with van der Waals surface area (Å²) in [6.07, 6.45) is 0. The third-order valence-electron chi connectivity index (χ3n) is 1.74. The van der Waals surface area contributed by atoms with E-state index in [-0.39, 0.29) is 0 Å². The molecule has 1 rings (SSSR count). The Morgan fingerprint density at radius 1 is 0.882 bits per heavy atom. The first-order valence-corrected chi connectivity index (χ1v) is 12.9. The molecular weight excluding hydrogens is 268 g/mol.